The van der Waals surface area contributed by atoms with Gasteiger partial charge in [0, 0.05) is 5.41 Å². The normalized spacial score (nSPS) is 29.5. The molecule has 0 saturated heterocycles. The van der Waals surface area contributed by atoms with E-state index in [4.69, 9.17) is 5.11 Å². The lowest BCUT2D eigenvalue weighted by atomic mass is 10.2. The summed E-state index contributed by atoms with van der Waals surface area (Å²) in [6.07, 6.45) is 0.908. The van der Waals surface area contributed by atoms with Crippen LogP contribution in [0.1, 0.15) is 20.3 Å². The second-order valence-electron chi connectivity index (χ2n) is 2.66. The van der Waals surface area contributed by atoms with Crippen LogP contribution < -0.4 is 5.32 Å². The molecular formula is C7H11NO2S. The molecular weight excluding hydrogens is 162 g/mol. The van der Waals surface area contributed by atoms with Gasteiger partial charge in [0.15, 0.2) is 0 Å². The van der Waals surface area contributed by atoms with E-state index < -0.39 is 5.97 Å². The van der Waals surface area contributed by atoms with Crippen LogP contribution in [0.25, 0.3) is 0 Å². The summed E-state index contributed by atoms with van der Waals surface area (Å²) in [5, 5.41) is 13.2. The maximum absolute atomic E-state index is 10.5. The lowest BCUT2D eigenvalue weighted by Crippen LogP contribution is -2.35. The standard InChI is InChI=1S/C7H11NO2S/c1-3-7(2)8-5(4-11-7)6(9)10/h4,8H,3H2,1-2H3,(H,9,10). The minimum Gasteiger partial charge on any atom is -0.477 e. The fraction of sp³-hybridized carbons (Fsp3) is 0.571. The number of thioether (sulfide) groups is 1. The van der Waals surface area contributed by atoms with Gasteiger partial charge in [-0.2, -0.15) is 0 Å². The zero-order valence-electron chi connectivity index (χ0n) is 6.55. The first-order valence-corrected chi connectivity index (χ1v) is 4.35. The van der Waals surface area contributed by atoms with E-state index >= 15 is 0 Å². The van der Waals surface area contributed by atoms with Gasteiger partial charge in [0.05, 0.1) is 4.87 Å². The topological polar surface area (TPSA) is 49.3 Å². The van der Waals surface area contributed by atoms with E-state index in [1.165, 1.54) is 11.8 Å². The number of carboxylic acids is 1. The number of nitrogens with one attached hydrogen (secondary N) is 1. The van der Waals surface area contributed by atoms with Crippen LogP contribution in [0.5, 0.6) is 0 Å². The summed E-state index contributed by atoms with van der Waals surface area (Å²) in [6, 6.07) is 0. The second kappa shape index (κ2) is 2.77. The molecule has 0 aromatic carbocycles. The highest BCUT2D eigenvalue weighted by molar-refractivity contribution is 8.03. The molecule has 1 atom stereocenters. The SMILES string of the molecule is CCC1(C)NC(C(=O)O)=CS1. The molecule has 0 saturated carbocycles. The lowest BCUT2D eigenvalue weighted by molar-refractivity contribution is -0.133. The molecule has 0 spiro atoms. The number of carbonyl (C=O) groups is 1. The highest BCUT2D eigenvalue weighted by Gasteiger charge is 2.30. The van der Waals surface area contributed by atoms with Gasteiger partial charge in [0.1, 0.15) is 5.70 Å². The van der Waals surface area contributed by atoms with Gasteiger partial charge in [-0.25, -0.2) is 4.79 Å². The fourth-order valence-electron chi connectivity index (χ4n) is 0.808. The molecule has 0 aromatic rings. The van der Waals surface area contributed by atoms with E-state index in [0.29, 0.717) is 5.70 Å². The van der Waals surface area contributed by atoms with Crippen molar-refractivity contribution in [1.82, 2.24) is 5.32 Å². The molecule has 11 heavy (non-hydrogen) atoms. The highest BCUT2D eigenvalue weighted by Crippen LogP contribution is 2.33. The minimum absolute atomic E-state index is 0.117. The first-order valence-electron chi connectivity index (χ1n) is 3.47. The van der Waals surface area contributed by atoms with Crippen molar-refractivity contribution in [3.8, 4) is 0 Å². The minimum atomic E-state index is -0.880. The molecule has 2 N–H and O–H groups in total. The van der Waals surface area contributed by atoms with Gasteiger partial charge in [0.25, 0.3) is 0 Å². The maximum atomic E-state index is 10.5. The van der Waals surface area contributed by atoms with Crippen LogP contribution >= 0.6 is 11.8 Å². The van der Waals surface area contributed by atoms with Crippen molar-refractivity contribution in [2.75, 3.05) is 0 Å². The van der Waals surface area contributed by atoms with Crippen LogP contribution in [0.15, 0.2) is 11.1 Å². The van der Waals surface area contributed by atoms with Gasteiger partial charge >= 0.3 is 5.97 Å². The Morgan fingerprint density at radius 3 is 2.82 bits per heavy atom. The van der Waals surface area contributed by atoms with Crippen molar-refractivity contribution >= 4 is 17.7 Å². The van der Waals surface area contributed by atoms with Crippen LogP contribution in [0.3, 0.4) is 0 Å². The Kier molecular flexibility index (Phi) is 2.13. The van der Waals surface area contributed by atoms with E-state index in [1.807, 2.05) is 13.8 Å². The van der Waals surface area contributed by atoms with Gasteiger partial charge in [-0.05, 0) is 13.3 Å². The molecule has 0 amide bonds. The Morgan fingerprint density at radius 2 is 2.55 bits per heavy atom. The molecule has 1 aliphatic heterocycles. The highest BCUT2D eigenvalue weighted by atomic mass is 32.2. The van der Waals surface area contributed by atoms with Gasteiger partial charge in [0.2, 0.25) is 0 Å². The van der Waals surface area contributed by atoms with Gasteiger partial charge < -0.3 is 10.4 Å². The molecule has 1 heterocycles. The second-order valence-corrected chi connectivity index (χ2v) is 4.04. The smallest absolute Gasteiger partial charge is 0.352 e. The molecule has 0 bridgehead atoms. The number of hydrogen-bond donors (Lipinski definition) is 2. The molecule has 1 rings (SSSR count). The maximum Gasteiger partial charge on any atom is 0.352 e. The third kappa shape index (κ3) is 1.68. The van der Waals surface area contributed by atoms with E-state index in [-0.39, 0.29) is 4.87 Å². The molecule has 1 aliphatic rings. The van der Waals surface area contributed by atoms with Crippen molar-refractivity contribution in [2.45, 2.75) is 25.1 Å². The van der Waals surface area contributed by atoms with Gasteiger partial charge in [-0.15, -0.1) is 11.8 Å². The Hall–Kier alpha value is -0.640. The number of carboxylic acid groups (broad SMARTS) is 1. The average molecular weight is 173 g/mol. The molecule has 0 aromatic heterocycles. The third-order valence-corrected chi connectivity index (χ3v) is 3.01. The molecule has 0 fully saturated rings. The van der Waals surface area contributed by atoms with Crippen LogP contribution in [0.2, 0.25) is 0 Å². The van der Waals surface area contributed by atoms with Crippen LogP contribution in [-0.4, -0.2) is 15.9 Å². The predicted octanol–water partition coefficient (Wildman–Crippen LogP) is 1.38. The summed E-state index contributed by atoms with van der Waals surface area (Å²) >= 11 is 1.53. The van der Waals surface area contributed by atoms with E-state index in [0.717, 1.165) is 6.42 Å². The Morgan fingerprint density at radius 1 is 1.91 bits per heavy atom. The molecule has 0 radical (unpaired) electrons. The predicted molar refractivity (Wildman–Crippen MR) is 45.1 cm³/mol. The number of hydrogen-bond acceptors (Lipinski definition) is 3. The van der Waals surface area contributed by atoms with Gasteiger partial charge in [-0.1, -0.05) is 6.92 Å². The monoisotopic (exact) mass is 173 g/mol. The molecule has 62 valence electrons. The largest absolute Gasteiger partial charge is 0.477 e. The Balaban J connectivity index is 2.62. The van der Waals surface area contributed by atoms with Crippen molar-refractivity contribution in [1.29, 1.82) is 0 Å². The van der Waals surface area contributed by atoms with Crippen molar-refractivity contribution in [3.05, 3.63) is 11.1 Å². The van der Waals surface area contributed by atoms with Crippen LogP contribution in [0.4, 0.5) is 0 Å². The van der Waals surface area contributed by atoms with Gasteiger partial charge in [-0.3, -0.25) is 0 Å². The summed E-state index contributed by atoms with van der Waals surface area (Å²) < 4.78 is 0. The number of rotatable bonds is 2. The average Bonchev–Trinajstić information content (AvgIpc) is 2.33. The third-order valence-electron chi connectivity index (χ3n) is 1.74. The number of aliphatic carboxylic acids is 1. The van der Waals surface area contributed by atoms with E-state index in [9.17, 15) is 4.79 Å². The van der Waals surface area contributed by atoms with Crippen molar-refractivity contribution in [2.24, 2.45) is 0 Å². The van der Waals surface area contributed by atoms with Crippen molar-refractivity contribution < 1.29 is 9.90 Å². The summed E-state index contributed by atoms with van der Waals surface area (Å²) in [4.78, 5) is 10.3. The first-order chi connectivity index (χ1) is 5.07. The quantitative estimate of drug-likeness (QED) is 0.662. The molecule has 4 heteroatoms. The summed E-state index contributed by atoms with van der Waals surface area (Å²) in [5.74, 6) is -0.880. The Labute approximate surface area is 69.9 Å². The first kappa shape index (κ1) is 8.46. The zero-order valence-corrected chi connectivity index (χ0v) is 7.36. The van der Waals surface area contributed by atoms with Crippen LogP contribution in [-0.2, 0) is 4.79 Å². The summed E-state index contributed by atoms with van der Waals surface area (Å²) in [6.45, 7) is 4.02. The summed E-state index contributed by atoms with van der Waals surface area (Å²) in [5.41, 5.74) is 0.305. The summed E-state index contributed by atoms with van der Waals surface area (Å²) in [7, 11) is 0. The molecule has 3 nitrogen and oxygen atoms in total. The fourth-order valence-corrected chi connectivity index (χ4v) is 1.68. The van der Waals surface area contributed by atoms with E-state index in [2.05, 4.69) is 5.32 Å². The van der Waals surface area contributed by atoms with Crippen LogP contribution in [0, 0.1) is 0 Å². The molecule has 1 unspecified atom stereocenters. The Bertz CT molecular complexity index is 214. The molecule has 0 aliphatic carbocycles. The zero-order chi connectivity index (χ0) is 8.48. The lowest BCUT2D eigenvalue weighted by Gasteiger charge is -2.22. The van der Waals surface area contributed by atoms with Crippen molar-refractivity contribution in [3.63, 3.8) is 0 Å². The van der Waals surface area contributed by atoms with E-state index in [1.54, 1.807) is 5.41 Å².